The number of carbonyl (C=O) groups excluding carboxylic acids is 1. The van der Waals surface area contributed by atoms with E-state index in [4.69, 9.17) is 4.74 Å². The van der Waals surface area contributed by atoms with E-state index in [2.05, 4.69) is 22.4 Å². The lowest BCUT2D eigenvalue weighted by molar-refractivity contribution is 0.0527. The van der Waals surface area contributed by atoms with Crippen LogP contribution in [0.5, 0.6) is 0 Å². The zero-order chi connectivity index (χ0) is 16.7. The van der Waals surface area contributed by atoms with E-state index in [0.717, 1.165) is 25.2 Å². The second-order valence-corrected chi connectivity index (χ2v) is 7.41. The van der Waals surface area contributed by atoms with E-state index >= 15 is 0 Å². The largest absolute Gasteiger partial charge is 0.444 e. The summed E-state index contributed by atoms with van der Waals surface area (Å²) >= 11 is 0. The number of pyridine rings is 1. The molecule has 128 valence electrons. The summed E-state index contributed by atoms with van der Waals surface area (Å²) in [6, 6.07) is 4.30. The SMILES string of the molecule is CC(C)(C)OC(=O)NCCCCCCc1ncccc1C1CC1. The number of aryl methyl sites for hydroxylation is 1. The molecule has 4 heteroatoms. The van der Waals surface area contributed by atoms with Crippen LogP contribution in [0.15, 0.2) is 18.3 Å². The predicted molar refractivity (Wildman–Crippen MR) is 92.6 cm³/mol. The summed E-state index contributed by atoms with van der Waals surface area (Å²) in [6.07, 6.45) is 9.79. The third kappa shape index (κ3) is 7.02. The van der Waals surface area contributed by atoms with Crippen LogP contribution in [0.4, 0.5) is 4.79 Å². The van der Waals surface area contributed by atoms with Gasteiger partial charge in [-0.3, -0.25) is 4.98 Å². The Labute approximate surface area is 140 Å². The molecule has 23 heavy (non-hydrogen) atoms. The predicted octanol–water partition coefficient (Wildman–Crippen LogP) is 4.59. The Kier molecular flexibility index (Phi) is 6.43. The zero-order valence-corrected chi connectivity index (χ0v) is 14.7. The highest BCUT2D eigenvalue weighted by Crippen LogP contribution is 2.41. The molecule has 0 radical (unpaired) electrons. The molecular formula is C19H30N2O2. The Morgan fingerprint density at radius 1 is 1.26 bits per heavy atom. The fourth-order valence-electron chi connectivity index (χ4n) is 2.70. The van der Waals surface area contributed by atoms with Crippen LogP contribution in [0, 0.1) is 0 Å². The van der Waals surface area contributed by atoms with Gasteiger partial charge in [-0.05, 0) is 70.4 Å². The summed E-state index contributed by atoms with van der Waals surface area (Å²) in [7, 11) is 0. The Morgan fingerprint density at radius 3 is 2.70 bits per heavy atom. The molecule has 0 aromatic carbocycles. The van der Waals surface area contributed by atoms with Gasteiger partial charge in [-0.2, -0.15) is 0 Å². The zero-order valence-electron chi connectivity index (χ0n) is 14.7. The molecule has 2 rings (SSSR count). The van der Waals surface area contributed by atoms with Gasteiger partial charge in [0.05, 0.1) is 0 Å². The fourth-order valence-corrected chi connectivity index (χ4v) is 2.70. The van der Waals surface area contributed by atoms with Crippen LogP contribution in [0.3, 0.4) is 0 Å². The fraction of sp³-hybridized carbons (Fsp3) is 0.684. The molecule has 1 saturated carbocycles. The van der Waals surface area contributed by atoms with E-state index < -0.39 is 5.60 Å². The minimum absolute atomic E-state index is 0.319. The normalized spacial score (nSPS) is 14.6. The number of nitrogens with one attached hydrogen (secondary N) is 1. The van der Waals surface area contributed by atoms with Crippen LogP contribution in [0.1, 0.15) is 76.5 Å². The topological polar surface area (TPSA) is 51.2 Å². The first kappa shape index (κ1) is 17.8. The molecule has 0 unspecified atom stereocenters. The quantitative estimate of drug-likeness (QED) is 0.713. The van der Waals surface area contributed by atoms with Crippen LogP contribution < -0.4 is 5.32 Å². The Morgan fingerprint density at radius 2 is 2.00 bits per heavy atom. The maximum absolute atomic E-state index is 11.5. The smallest absolute Gasteiger partial charge is 0.407 e. The molecule has 1 aliphatic rings. The number of alkyl carbamates (subject to hydrolysis) is 1. The molecule has 1 N–H and O–H groups in total. The van der Waals surface area contributed by atoms with Gasteiger partial charge in [-0.25, -0.2) is 4.79 Å². The van der Waals surface area contributed by atoms with Gasteiger partial charge in [0.2, 0.25) is 0 Å². The van der Waals surface area contributed by atoms with Gasteiger partial charge in [0.15, 0.2) is 0 Å². The maximum Gasteiger partial charge on any atom is 0.407 e. The third-order valence-electron chi connectivity index (χ3n) is 3.95. The Bertz CT molecular complexity index is 504. The van der Waals surface area contributed by atoms with Crippen molar-refractivity contribution in [2.75, 3.05) is 6.54 Å². The number of hydrogen-bond acceptors (Lipinski definition) is 3. The highest BCUT2D eigenvalue weighted by molar-refractivity contribution is 5.67. The molecule has 0 aliphatic heterocycles. The second-order valence-electron chi connectivity index (χ2n) is 7.41. The molecule has 1 aromatic heterocycles. The lowest BCUT2D eigenvalue weighted by Gasteiger charge is -2.19. The van der Waals surface area contributed by atoms with Gasteiger partial charge in [0, 0.05) is 18.4 Å². The molecule has 1 amide bonds. The number of carbonyl (C=O) groups is 1. The lowest BCUT2D eigenvalue weighted by atomic mass is 10.0. The van der Waals surface area contributed by atoms with Crippen molar-refractivity contribution in [3.05, 3.63) is 29.6 Å². The van der Waals surface area contributed by atoms with Crippen molar-refractivity contribution >= 4 is 6.09 Å². The Balaban J connectivity index is 1.54. The first-order chi connectivity index (χ1) is 11.0. The van der Waals surface area contributed by atoms with Gasteiger partial charge in [0.25, 0.3) is 0 Å². The minimum Gasteiger partial charge on any atom is -0.444 e. The molecule has 1 aliphatic carbocycles. The molecule has 1 fully saturated rings. The van der Waals surface area contributed by atoms with Crippen molar-refractivity contribution < 1.29 is 9.53 Å². The number of unbranched alkanes of at least 4 members (excludes halogenated alkanes) is 3. The number of amides is 1. The second kappa shape index (κ2) is 8.32. The summed E-state index contributed by atoms with van der Waals surface area (Å²) in [5.74, 6) is 0.775. The summed E-state index contributed by atoms with van der Waals surface area (Å²) in [5.41, 5.74) is 2.34. The molecule has 0 atom stereocenters. The van der Waals surface area contributed by atoms with Crippen LogP contribution >= 0.6 is 0 Å². The van der Waals surface area contributed by atoms with E-state index in [1.54, 1.807) is 0 Å². The third-order valence-corrected chi connectivity index (χ3v) is 3.95. The summed E-state index contributed by atoms with van der Waals surface area (Å²) in [6.45, 7) is 6.31. The van der Waals surface area contributed by atoms with Crippen molar-refractivity contribution in [1.82, 2.24) is 10.3 Å². The molecule has 1 heterocycles. The van der Waals surface area contributed by atoms with E-state index in [9.17, 15) is 4.79 Å². The lowest BCUT2D eigenvalue weighted by Crippen LogP contribution is -2.32. The minimum atomic E-state index is -0.425. The van der Waals surface area contributed by atoms with Crippen LogP contribution in [0.25, 0.3) is 0 Å². The number of aromatic nitrogens is 1. The van der Waals surface area contributed by atoms with Crippen molar-refractivity contribution in [2.24, 2.45) is 0 Å². The standard InChI is InChI=1S/C19H30N2O2/c1-19(2,3)23-18(22)21-13-7-5-4-6-10-17-16(15-11-12-15)9-8-14-20-17/h8-9,14-15H,4-7,10-13H2,1-3H3,(H,21,22). The molecule has 1 aromatic rings. The van der Waals surface area contributed by atoms with Crippen LogP contribution in [0.2, 0.25) is 0 Å². The van der Waals surface area contributed by atoms with Gasteiger partial charge in [-0.15, -0.1) is 0 Å². The number of rotatable bonds is 8. The maximum atomic E-state index is 11.5. The van der Waals surface area contributed by atoms with E-state index in [1.165, 1.54) is 36.9 Å². The first-order valence-corrected chi connectivity index (χ1v) is 8.86. The average Bonchev–Trinajstić information content (AvgIpc) is 3.29. The highest BCUT2D eigenvalue weighted by Gasteiger charge is 2.25. The van der Waals surface area contributed by atoms with Crippen molar-refractivity contribution in [3.63, 3.8) is 0 Å². The van der Waals surface area contributed by atoms with Crippen LogP contribution in [-0.2, 0) is 11.2 Å². The molecule has 0 bridgehead atoms. The van der Waals surface area contributed by atoms with Crippen LogP contribution in [-0.4, -0.2) is 23.2 Å². The van der Waals surface area contributed by atoms with Crippen molar-refractivity contribution in [1.29, 1.82) is 0 Å². The average molecular weight is 318 g/mol. The number of hydrogen-bond donors (Lipinski definition) is 1. The van der Waals surface area contributed by atoms with Gasteiger partial charge >= 0.3 is 6.09 Å². The molecule has 4 nitrogen and oxygen atoms in total. The first-order valence-electron chi connectivity index (χ1n) is 8.86. The highest BCUT2D eigenvalue weighted by atomic mass is 16.6. The number of nitrogens with zero attached hydrogens (tertiary/aromatic N) is 1. The van der Waals surface area contributed by atoms with Crippen molar-refractivity contribution in [3.8, 4) is 0 Å². The van der Waals surface area contributed by atoms with Gasteiger partial charge in [-0.1, -0.05) is 18.9 Å². The molecule has 0 spiro atoms. The molecular weight excluding hydrogens is 288 g/mol. The Hall–Kier alpha value is -1.58. The number of ether oxygens (including phenoxy) is 1. The van der Waals surface area contributed by atoms with Gasteiger partial charge in [0.1, 0.15) is 5.60 Å². The van der Waals surface area contributed by atoms with E-state index in [1.807, 2.05) is 27.0 Å². The van der Waals surface area contributed by atoms with E-state index in [0.29, 0.717) is 6.54 Å². The summed E-state index contributed by atoms with van der Waals surface area (Å²) < 4.78 is 5.21. The monoisotopic (exact) mass is 318 g/mol. The van der Waals surface area contributed by atoms with Gasteiger partial charge < -0.3 is 10.1 Å². The summed E-state index contributed by atoms with van der Waals surface area (Å²) in [4.78, 5) is 16.1. The van der Waals surface area contributed by atoms with E-state index in [-0.39, 0.29) is 6.09 Å². The van der Waals surface area contributed by atoms with Crippen molar-refractivity contribution in [2.45, 2.75) is 77.2 Å². The molecule has 0 saturated heterocycles. The summed E-state index contributed by atoms with van der Waals surface area (Å²) in [5, 5.41) is 2.81.